The van der Waals surface area contributed by atoms with Crippen molar-refractivity contribution in [3.8, 4) is 0 Å². The molecule has 4 heterocycles. The smallest absolute Gasteiger partial charge is 0.416 e. The second kappa shape index (κ2) is 9.51. The molecule has 0 aromatic carbocycles. The average molecular weight is 511 g/mol. The van der Waals surface area contributed by atoms with Gasteiger partial charge >= 0.3 is 12.1 Å². The van der Waals surface area contributed by atoms with E-state index in [1.807, 2.05) is 26.0 Å². The largest absolute Gasteiger partial charge is 0.463 e. The minimum atomic E-state index is -4.79. The number of alkyl halides is 3. The van der Waals surface area contributed by atoms with Crippen molar-refractivity contribution < 1.29 is 41.8 Å². The molecule has 8 nitrogen and oxygen atoms in total. The van der Waals surface area contributed by atoms with Gasteiger partial charge in [-0.3, -0.25) is 9.59 Å². The highest BCUT2D eigenvalue weighted by Gasteiger charge is 2.59. The van der Waals surface area contributed by atoms with Crippen LogP contribution in [0.4, 0.5) is 13.2 Å². The standard InChI is InChI=1S/C25H29F3N2O6/c1-4-34-22(33)21-20(25(26,27)28)17-9-11-24(21,36-17)13-30-19(32)7-5-6-18(31)29-12-23-10-8-16(35-23)14(2)15(23)3/h8-11,16-17H,4-7,12-13H2,1-3H3,(H,29,31)(H,30,32). The quantitative estimate of drug-likeness (QED) is 0.346. The Bertz CT molecular complexity index is 1090. The zero-order chi connectivity index (χ0) is 26.3. The molecule has 0 aromatic heterocycles. The number of ether oxygens (including phenoxy) is 3. The molecule has 0 aromatic rings. The van der Waals surface area contributed by atoms with E-state index in [0.29, 0.717) is 6.54 Å². The summed E-state index contributed by atoms with van der Waals surface area (Å²) in [6.07, 6.45) is 0.508. The van der Waals surface area contributed by atoms with E-state index >= 15 is 0 Å². The van der Waals surface area contributed by atoms with Crippen LogP contribution in [0.15, 0.2) is 46.6 Å². The number of carbonyl (C=O) groups excluding carboxylic acids is 3. The molecule has 0 spiro atoms. The molecule has 196 valence electrons. The Morgan fingerprint density at radius 3 is 2.08 bits per heavy atom. The lowest BCUT2D eigenvalue weighted by molar-refractivity contribution is -0.141. The summed E-state index contributed by atoms with van der Waals surface area (Å²) in [5.41, 5.74) is -1.89. The van der Waals surface area contributed by atoms with E-state index in [-0.39, 0.29) is 44.4 Å². The third-order valence-corrected chi connectivity index (χ3v) is 7.07. The van der Waals surface area contributed by atoms with E-state index in [0.717, 1.165) is 11.1 Å². The van der Waals surface area contributed by atoms with Gasteiger partial charge in [0.05, 0.1) is 36.9 Å². The van der Waals surface area contributed by atoms with Crippen molar-refractivity contribution in [1.82, 2.24) is 10.6 Å². The molecule has 0 saturated heterocycles. The highest BCUT2D eigenvalue weighted by Crippen LogP contribution is 2.49. The summed E-state index contributed by atoms with van der Waals surface area (Å²) in [5.74, 6) is -1.84. The number of hydrogen-bond donors (Lipinski definition) is 2. The van der Waals surface area contributed by atoms with Gasteiger partial charge in [0.1, 0.15) is 17.3 Å². The van der Waals surface area contributed by atoms with Crippen LogP contribution in [0.1, 0.15) is 40.0 Å². The third kappa shape index (κ3) is 4.61. The minimum absolute atomic E-state index is 0.0249. The molecule has 4 bridgehead atoms. The fourth-order valence-electron chi connectivity index (χ4n) is 5.01. The molecule has 2 N–H and O–H groups in total. The minimum Gasteiger partial charge on any atom is -0.463 e. The molecule has 0 saturated carbocycles. The second-order valence-corrected chi connectivity index (χ2v) is 9.30. The van der Waals surface area contributed by atoms with Crippen LogP contribution in [0.3, 0.4) is 0 Å². The summed E-state index contributed by atoms with van der Waals surface area (Å²) in [6.45, 7) is 5.29. The van der Waals surface area contributed by atoms with Crippen LogP contribution in [0.25, 0.3) is 0 Å². The fraction of sp³-hybridized carbons (Fsp3) is 0.560. The van der Waals surface area contributed by atoms with Crippen molar-refractivity contribution in [2.75, 3.05) is 19.7 Å². The topological polar surface area (TPSA) is 103 Å². The van der Waals surface area contributed by atoms with Crippen molar-refractivity contribution in [3.63, 3.8) is 0 Å². The van der Waals surface area contributed by atoms with Gasteiger partial charge in [0.25, 0.3) is 0 Å². The fourth-order valence-corrected chi connectivity index (χ4v) is 5.01. The highest BCUT2D eigenvalue weighted by molar-refractivity contribution is 5.95. The molecule has 2 amide bonds. The van der Waals surface area contributed by atoms with E-state index in [1.54, 1.807) is 0 Å². The van der Waals surface area contributed by atoms with Crippen LogP contribution in [-0.2, 0) is 28.6 Å². The summed E-state index contributed by atoms with van der Waals surface area (Å²) in [6, 6.07) is 0. The van der Waals surface area contributed by atoms with E-state index in [9.17, 15) is 27.6 Å². The lowest BCUT2D eigenvalue weighted by atomic mass is 9.86. The van der Waals surface area contributed by atoms with Gasteiger partial charge in [-0.15, -0.1) is 0 Å². The molecule has 4 rings (SSSR count). The monoisotopic (exact) mass is 510 g/mol. The highest BCUT2D eigenvalue weighted by atomic mass is 19.4. The first-order valence-corrected chi connectivity index (χ1v) is 11.9. The Labute approximate surface area is 206 Å². The van der Waals surface area contributed by atoms with Crippen LogP contribution in [0.5, 0.6) is 0 Å². The van der Waals surface area contributed by atoms with Crippen molar-refractivity contribution >= 4 is 17.8 Å². The van der Waals surface area contributed by atoms with Gasteiger partial charge in [0.2, 0.25) is 11.8 Å². The first kappa shape index (κ1) is 26.2. The van der Waals surface area contributed by atoms with Crippen LogP contribution in [0.2, 0.25) is 0 Å². The van der Waals surface area contributed by atoms with Crippen LogP contribution >= 0.6 is 0 Å². The molecule has 0 fully saturated rings. The van der Waals surface area contributed by atoms with Gasteiger partial charge in [-0.25, -0.2) is 4.79 Å². The van der Waals surface area contributed by atoms with Crippen molar-refractivity contribution in [2.45, 2.75) is 69.6 Å². The number of nitrogens with one attached hydrogen (secondary N) is 2. The number of esters is 1. The van der Waals surface area contributed by atoms with Gasteiger partial charge in [0.15, 0.2) is 0 Å². The molecular formula is C25H29F3N2O6. The van der Waals surface area contributed by atoms with Crippen LogP contribution in [-0.4, -0.2) is 67.1 Å². The molecule has 4 atom stereocenters. The SMILES string of the molecule is CCOC(=O)C1=C(C(F)(F)F)C2C=CC1(CNC(=O)CCCC(=O)NCC13C=CC(O1)C(C)=C3C)O2. The summed E-state index contributed by atoms with van der Waals surface area (Å²) < 4.78 is 57.1. The summed E-state index contributed by atoms with van der Waals surface area (Å²) in [7, 11) is 0. The van der Waals surface area contributed by atoms with Crippen molar-refractivity contribution in [3.05, 3.63) is 46.6 Å². The maximum atomic E-state index is 13.6. The van der Waals surface area contributed by atoms with E-state index in [4.69, 9.17) is 14.2 Å². The zero-order valence-corrected chi connectivity index (χ0v) is 20.3. The molecule has 4 unspecified atom stereocenters. The predicted octanol–water partition coefficient (Wildman–Crippen LogP) is 2.56. The Hall–Kier alpha value is -2.92. The van der Waals surface area contributed by atoms with Gasteiger partial charge < -0.3 is 24.8 Å². The van der Waals surface area contributed by atoms with Crippen LogP contribution in [0, 0.1) is 0 Å². The molecule has 0 radical (unpaired) electrons. The Balaban J connectivity index is 1.27. The van der Waals surface area contributed by atoms with Crippen molar-refractivity contribution in [2.24, 2.45) is 0 Å². The van der Waals surface area contributed by atoms with E-state index in [2.05, 4.69) is 10.6 Å². The number of hydrogen-bond acceptors (Lipinski definition) is 6. The first-order valence-electron chi connectivity index (χ1n) is 11.9. The number of carbonyl (C=O) groups is 3. The second-order valence-electron chi connectivity index (χ2n) is 9.30. The normalized spacial score (nSPS) is 29.9. The molecule has 0 aliphatic carbocycles. The number of halogens is 3. The van der Waals surface area contributed by atoms with E-state index in [1.165, 1.54) is 19.1 Å². The lowest BCUT2D eigenvalue weighted by Crippen LogP contribution is -2.44. The molecule has 36 heavy (non-hydrogen) atoms. The maximum Gasteiger partial charge on any atom is 0.416 e. The summed E-state index contributed by atoms with van der Waals surface area (Å²) >= 11 is 0. The summed E-state index contributed by atoms with van der Waals surface area (Å²) in [4.78, 5) is 37.0. The van der Waals surface area contributed by atoms with Crippen molar-refractivity contribution in [1.29, 1.82) is 0 Å². The van der Waals surface area contributed by atoms with Gasteiger partial charge in [0, 0.05) is 12.8 Å². The van der Waals surface area contributed by atoms with Gasteiger partial charge in [-0.05, 0) is 50.5 Å². The number of amides is 2. The molecular weight excluding hydrogens is 481 g/mol. The maximum absolute atomic E-state index is 13.6. The molecule has 4 aliphatic heterocycles. The zero-order valence-electron chi connectivity index (χ0n) is 20.3. The Morgan fingerprint density at radius 2 is 1.53 bits per heavy atom. The predicted molar refractivity (Wildman–Crippen MR) is 121 cm³/mol. The lowest BCUT2D eigenvalue weighted by Gasteiger charge is -2.26. The first-order chi connectivity index (χ1) is 16.9. The third-order valence-electron chi connectivity index (χ3n) is 7.07. The van der Waals surface area contributed by atoms with Gasteiger partial charge in [-0.1, -0.05) is 12.2 Å². The summed E-state index contributed by atoms with van der Waals surface area (Å²) in [5, 5.41) is 5.37. The van der Waals surface area contributed by atoms with E-state index < -0.39 is 46.5 Å². The van der Waals surface area contributed by atoms with Crippen LogP contribution < -0.4 is 10.6 Å². The van der Waals surface area contributed by atoms with Gasteiger partial charge in [-0.2, -0.15) is 13.2 Å². The molecule has 4 aliphatic rings. The Morgan fingerprint density at radius 1 is 0.972 bits per heavy atom. The number of rotatable bonds is 10. The molecule has 11 heteroatoms. The number of fused-ring (bicyclic) bond motifs is 4. The average Bonchev–Trinajstić information content (AvgIpc) is 3.56. The Kier molecular flexibility index (Phi) is 6.91.